The molecule has 2 aliphatic rings. The summed E-state index contributed by atoms with van der Waals surface area (Å²) in [6.07, 6.45) is 0. The summed E-state index contributed by atoms with van der Waals surface area (Å²) in [6, 6.07) is 0. The first-order valence-corrected chi connectivity index (χ1v) is 3.32. The van der Waals surface area contributed by atoms with E-state index in [0.29, 0.717) is 18.4 Å². The summed E-state index contributed by atoms with van der Waals surface area (Å²) >= 11 is 0. The molecule has 1 saturated carbocycles. The Morgan fingerprint density at radius 1 is 1.78 bits per heavy atom. The number of carbonyl (C=O) groups is 1. The Balaban J connectivity index is 2.06. The van der Waals surface area contributed by atoms with E-state index in [-0.39, 0.29) is 11.8 Å². The lowest BCUT2D eigenvalue weighted by atomic mass is 10.3. The van der Waals surface area contributed by atoms with E-state index in [2.05, 4.69) is 5.32 Å². The molecule has 0 aromatic carbocycles. The van der Waals surface area contributed by atoms with Gasteiger partial charge in [-0.05, 0) is 18.4 Å². The highest BCUT2D eigenvalue weighted by molar-refractivity contribution is 5.85. The van der Waals surface area contributed by atoms with Crippen LogP contribution in [0.15, 0.2) is 0 Å². The van der Waals surface area contributed by atoms with Gasteiger partial charge in [-0.1, -0.05) is 0 Å². The quantitative estimate of drug-likeness (QED) is 0.470. The topological polar surface area (TPSA) is 55.1 Å². The van der Waals surface area contributed by atoms with Gasteiger partial charge < -0.3 is 11.1 Å². The van der Waals surface area contributed by atoms with Gasteiger partial charge in [-0.15, -0.1) is 0 Å². The second kappa shape index (κ2) is 1.48. The summed E-state index contributed by atoms with van der Waals surface area (Å²) in [5.41, 5.74) is 5.41. The van der Waals surface area contributed by atoms with Crippen LogP contribution in [-0.2, 0) is 4.79 Å². The van der Waals surface area contributed by atoms with Crippen LogP contribution in [0.4, 0.5) is 0 Å². The van der Waals surface area contributed by atoms with Crippen molar-refractivity contribution >= 4 is 5.91 Å². The van der Waals surface area contributed by atoms with Crippen LogP contribution in [0.25, 0.3) is 0 Å². The molecule has 1 saturated heterocycles. The van der Waals surface area contributed by atoms with E-state index >= 15 is 0 Å². The molecule has 0 spiro atoms. The predicted octanol–water partition coefficient (Wildman–Crippen LogP) is -1.06. The molecule has 1 aliphatic heterocycles. The Morgan fingerprint density at radius 2 is 2.56 bits per heavy atom. The molecule has 0 aromatic heterocycles. The second-order valence-corrected chi connectivity index (χ2v) is 2.83. The van der Waals surface area contributed by atoms with Crippen molar-refractivity contribution in [3.63, 3.8) is 0 Å². The molecule has 50 valence electrons. The lowest BCUT2D eigenvalue weighted by molar-refractivity contribution is -0.121. The molecule has 2 rings (SSSR count). The maximum atomic E-state index is 10.8. The van der Waals surface area contributed by atoms with Crippen molar-refractivity contribution in [2.45, 2.75) is 0 Å². The molecule has 0 aromatic rings. The minimum atomic E-state index is 0.218. The molecule has 0 radical (unpaired) electrons. The zero-order valence-electron chi connectivity index (χ0n) is 5.13. The van der Waals surface area contributed by atoms with Crippen LogP contribution < -0.4 is 11.1 Å². The van der Waals surface area contributed by atoms with Crippen LogP contribution >= 0.6 is 0 Å². The normalized spacial score (nSPS) is 46.3. The van der Waals surface area contributed by atoms with E-state index in [9.17, 15) is 4.79 Å². The maximum Gasteiger partial charge on any atom is 0.223 e. The van der Waals surface area contributed by atoms with Crippen molar-refractivity contribution < 1.29 is 4.79 Å². The average molecular weight is 126 g/mol. The van der Waals surface area contributed by atoms with E-state index in [1.807, 2.05) is 0 Å². The van der Waals surface area contributed by atoms with E-state index in [1.165, 1.54) is 0 Å². The fourth-order valence-corrected chi connectivity index (χ4v) is 1.77. The van der Waals surface area contributed by atoms with Gasteiger partial charge in [0, 0.05) is 12.5 Å². The van der Waals surface area contributed by atoms with Gasteiger partial charge >= 0.3 is 0 Å². The van der Waals surface area contributed by atoms with E-state index in [1.54, 1.807) is 0 Å². The molecule has 3 nitrogen and oxygen atoms in total. The van der Waals surface area contributed by atoms with Crippen LogP contribution in [0.5, 0.6) is 0 Å². The molecule has 3 unspecified atom stereocenters. The van der Waals surface area contributed by atoms with Gasteiger partial charge in [-0.25, -0.2) is 0 Å². The van der Waals surface area contributed by atoms with Gasteiger partial charge in [0.05, 0.1) is 0 Å². The Hall–Kier alpha value is -0.570. The van der Waals surface area contributed by atoms with Crippen molar-refractivity contribution in [2.24, 2.45) is 23.5 Å². The lowest BCUT2D eigenvalue weighted by Crippen LogP contribution is -2.24. The zero-order valence-corrected chi connectivity index (χ0v) is 5.13. The molecular formula is C6H10N2O. The fraction of sp³-hybridized carbons (Fsp3) is 0.833. The predicted molar refractivity (Wildman–Crippen MR) is 32.5 cm³/mol. The second-order valence-electron chi connectivity index (χ2n) is 2.83. The summed E-state index contributed by atoms with van der Waals surface area (Å²) in [7, 11) is 0. The largest absolute Gasteiger partial charge is 0.356 e. The third-order valence-electron chi connectivity index (χ3n) is 2.42. The van der Waals surface area contributed by atoms with Gasteiger partial charge in [-0.3, -0.25) is 4.79 Å². The third-order valence-corrected chi connectivity index (χ3v) is 2.42. The molecule has 1 heterocycles. The molecule has 3 heteroatoms. The van der Waals surface area contributed by atoms with Crippen LogP contribution in [-0.4, -0.2) is 19.0 Å². The minimum absolute atomic E-state index is 0.218. The summed E-state index contributed by atoms with van der Waals surface area (Å²) in [4.78, 5) is 10.8. The zero-order chi connectivity index (χ0) is 6.43. The smallest absolute Gasteiger partial charge is 0.223 e. The fourth-order valence-electron chi connectivity index (χ4n) is 1.77. The molecule has 3 atom stereocenters. The van der Waals surface area contributed by atoms with E-state index < -0.39 is 0 Å². The maximum absolute atomic E-state index is 10.8. The highest BCUT2D eigenvalue weighted by Gasteiger charge is 2.57. The number of nitrogens with two attached hydrogens (primary N) is 1. The van der Waals surface area contributed by atoms with Crippen LogP contribution in [0.2, 0.25) is 0 Å². The van der Waals surface area contributed by atoms with E-state index in [0.717, 1.165) is 6.54 Å². The van der Waals surface area contributed by atoms with Crippen molar-refractivity contribution in [1.29, 1.82) is 0 Å². The first kappa shape index (κ1) is 5.23. The van der Waals surface area contributed by atoms with Gasteiger partial charge in [0.2, 0.25) is 5.91 Å². The first-order valence-electron chi connectivity index (χ1n) is 3.32. The SMILES string of the molecule is NCC1C2CNC(=O)C12. The summed E-state index contributed by atoms with van der Waals surface area (Å²) in [6.45, 7) is 1.55. The summed E-state index contributed by atoms with van der Waals surface area (Å²) in [5, 5.41) is 2.79. The third kappa shape index (κ3) is 0.525. The number of piperidine rings is 1. The minimum Gasteiger partial charge on any atom is -0.356 e. The van der Waals surface area contributed by atoms with Gasteiger partial charge in [0.15, 0.2) is 0 Å². The highest BCUT2D eigenvalue weighted by atomic mass is 16.2. The Bertz CT molecular complexity index is 153. The first-order chi connectivity index (χ1) is 4.34. The summed E-state index contributed by atoms with van der Waals surface area (Å²) < 4.78 is 0. The standard InChI is InChI=1S/C6H10N2O/c7-1-3-4-2-8-6(9)5(3)4/h3-5H,1-2,7H2,(H,8,9). The number of nitrogens with one attached hydrogen (secondary N) is 1. The molecular weight excluding hydrogens is 116 g/mol. The molecule has 9 heavy (non-hydrogen) atoms. The Morgan fingerprint density at radius 3 is 2.89 bits per heavy atom. The van der Waals surface area contributed by atoms with E-state index in [4.69, 9.17) is 5.73 Å². The van der Waals surface area contributed by atoms with Crippen molar-refractivity contribution in [3.05, 3.63) is 0 Å². The van der Waals surface area contributed by atoms with Crippen LogP contribution in [0.3, 0.4) is 0 Å². The van der Waals surface area contributed by atoms with Crippen LogP contribution in [0, 0.1) is 17.8 Å². The Kier molecular flexibility index (Phi) is 0.858. The lowest BCUT2D eigenvalue weighted by Gasteiger charge is -1.98. The Labute approximate surface area is 53.6 Å². The van der Waals surface area contributed by atoms with Crippen LogP contribution in [0.1, 0.15) is 0 Å². The van der Waals surface area contributed by atoms with Crippen molar-refractivity contribution in [1.82, 2.24) is 5.32 Å². The molecule has 0 bridgehead atoms. The summed E-state index contributed by atoms with van der Waals surface area (Å²) in [5.74, 6) is 1.60. The van der Waals surface area contributed by atoms with Gasteiger partial charge in [0.25, 0.3) is 0 Å². The molecule has 1 amide bonds. The van der Waals surface area contributed by atoms with Gasteiger partial charge in [-0.2, -0.15) is 0 Å². The number of hydrogen-bond acceptors (Lipinski definition) is 2. The monoisotopic (exact) mass is 126 g/mol. The number of amides is 1. The van der Waals surface area contributed by atoms with Crippen molar-refractivity contribution in [3.8, 4) is 0 Å². The number of carbonyl (C=O) groups excluding carboxylic acids is 1. The molecule has 2 fully saturated rings. The van der Waals surface area contributed by atoms with Gasteiger partial charge in [0.1, 0.15) is 0 Å². The average Bonchev–Trinajstić information content (AvgIpc) is 2.46. The highest BCUT2D eigenvalue weighted by Crippen LogP contribution is 2.48. The number of rotatable bonds is 1. The molecule has 3 N–H and O–H groups in total. The molecule has 1 aliphatic carbocycles. The number of fused-ring (bicyclic) bond motifs is 1. The number of hydrogen-bond donors (Lipinski definition) is 2. The van der Waals surface area contributed by atoms with Crippen molar-refractivity contribution in [2.75, 3.05) is 13.1 Å².